The first kappa shape index (κ1) is 16.7. The van der Waals surface area contributed by atoms with E-state index in [4.69, 9.17) is 4.74 Å². The summed E-state index contributed by atoms with van der Waals surface area (Å²) in [5, 5.41) is 7.21. The topological polar surface area (TPSA) is 69.0 Å². The average Bonchev–Trinajstić information content (AvgIpc) is 3.12. The van der Waals surface area contributed by atoms with Crippen LogP contribution in [-0.4, -0.2) is 33.8 Å². The molecule has 128 valence electrons. The number of rotatable bonds is 7. The van der Waals surface area contributed by atoms with Gasteiger partial charge in [0.1, 0.15) is 5.75 Å². The number of aromatic nitrogens is 3. The van der Waals surface area contributed by atoms with E-state index in [0.29, 0.717) is 25.3 Å². The van der Waals surface area contributed by atoms with Crippen LogP contribution < -0.4 is 10.1 Å². The first-order valence-corrected chi connectivity index (χ1v) is 8.20. The number of nitrogens with zero attached hydrogens (tertiary/aromatic N) is 3. The van der Waals surface area contributed by atoms with E-state index in [1.807, 2.05) is 25.3 Å². The van der Waals surface area contributed by atoms with Gasteiger partial charge in [0.05, 0.1) is 19.3 Å². The van der Waals surface area contributed by atoms with Crippen LogP contribution in [0.1, 0.15) is 17.3 Å². The van der Waals surface area contributed by atoms with Crippen molar-refractivity contribution < 1.29 is 9.53 Å². The number of pyridine rings is 1. The third-order valence-corrected chi connectivity index (χ3v) is 3.68. The van der Waals surface area contributed by atoms with Gasteiger partial charge in [-0.3, -0.25) is 14.5 Å². The molecule has 0 fully saturated rings. The highest BCUT2D eigenvalue weighted by Gasteiger charge is 2.06. The summed E-state index contributed by atoms with van der Waals surface area (Å²) in [6.45, 7) is 3.63. The molecule has 6 nitrogen and oxygen atoms in total. The van der Waals surface area contributed by atoms with Gasteiger partial charge in [-0.15, -0.1) is 0 Å². The Morgan fingerprint density at radius 3 is 2.72 bits per heavy atom. The SMILES string of the molecule is CCOc1ccc(C(=O)NCCn2cc(-c3cccnc3)cn2)cc1. The van der Waals surface area contributed by atoms with E-state index in [2.05, 4.69) is 15.4 Å². The summed E-state index contributed by atoms with van der Waals surface area (Å²) in [4.78, 5) is 16.2. The zero-order valence-corrected chi connectivity index (χ0v) is 14.1. The molecular weight excluding hydrogens is 316 g/mol. The number of carbonyl (C=O) groups excluding carboxylic acids is 1. The second-order valence-corrected chi connectivity index (χ2v) is 5.45. The standard InChI is InChI=1S/C19H20N4O2/c1-2-25-18-7-5-15(6-8-18)19(24)21-10-11-23-14-17(13-22-23)16-4-3-9-20-12-16/h3-9,12-14H,2,10-11H2,1H3,(H,21,24). The fraction of sp³-hybridized carbons (Fsp3) is 0.211. The minimum absolute atomic E-state index is 0.109. The molecule has 2 aromatic heterocycles. The number of hydrogen-bond donors (Lipinski definition) is 1. The zero-order valence-electron chi connectivity index (χ0n) is 14.1. The molecule has 3 rings (SSSR count). The van der Waals surface area contributed by atoms with Gasteiger partial charge in [0, 0.05) is 41.8 Å². The van der Waals surface area contributed by atoms with Gasteiger partial charge in [-0.1, -0.05) is 6.07 Å². The number of ether oxygens (including phenoxy) is 1. The Kier molecular flexibility index (Phi) is 5.41. The van der Waals surface area contributed by atoms with Crippen LogP contribution in [0.5, 0.6) is 5.75 Å². The Morgan fingerprint density at radius 2 is 2.00 bits per heavy atom. The van der Waals surface area contributed by atoms with E-state index in [0.717, 1.165) is 16.9 Å². The molecule has 0 radical (unpaired) electrons. The van der Waals surface area contributed by atoms with E-state index >= 15 is 0 Å². The van der Waals surface area contributed by atoms with Crippen LogP contribution in [0.25, 0.3) is 11.1 Å². The third kappa shape index (κ3) is 4.44. The molecule has 6 heteroatoms. The van der Waals surface area contributed by atoms with Gasteiger partial charge < -0.3 is 10.1 Å². The van der Waals surface area contributed by atoms with Crippen LogP contribution in [-0.2, 0) is 6.54 Å². The van der Waals surface area contributed by atoms with Crippen molar-refractivity contribution in [3.63, 3.8) is 0 Å². The largest absolute Gasteiger partial charge is 0.494 e. The lowest BCUT2D eigenvalue weighted by Crippen LogP contribution is -2.27. The van der Waals surface area contributed by atoms with E-state index in [-0.39, 0.29) is 5.91 Å². The molecule has 1 amide bonds. The van der Waals surface area contributed by atoms with Gasteiger partial charge in [-0.05, 0) is 37.3 Å². The van der Waals surface area contributed by atoms with Gasteiger partial charge >= 0.3 is 0 Å². The molecule has 0 atom stereocenters. The first-order chi connectivity index (χ1) is 12.3. The van der Waals surface area contributed by atoms with Crippen LogP contribution >= 0.6 is 0 Å². The molecule has 0 saturated carbocycles. The second kappa shape index (κ2) is 8.10. The molecule has 0 spiro atoms. The highest BCUT2D eigenvalue weighted by atomic mass is 16.5. The predicted octanol–water partition coefficient (Wildman–Crippen LogP) is 2.77. The molecule has 0 aliphatic carbocycles. The smallest absolute Gasteiger partial charge is 0.251 e. The minimum Gasteiger partial charge on any atom is -0.494 e. The van der Waals surface area contributed by atoms with Gasteiger partial charge in [0.25, 0.3) is 5.91 Å². The summed E-state index contributed by atoms with van der Waals surface area (Å²) in [7, 11) is 0. The molecule has 0 bridgehead atoms. The van der Waals surface area contributed by atoms with E-state index < -0.39 is 0 Å². The van der Waals surface area contributed by atoms with Gasteiger partial charge in [0.15, 0.2) is 0 Å². The second-order valence-electron chi connectivity index (χ2n) is 5.45. The first-order valence-electron chi connectivity index (χ1n) is 8.20. The number of carbonyl (C=O) groups is 1. The molecular formula is C19H20N4O2. The maximum atomic E-state index is 12.1. The molecule has 0 saturated heterocycles. The zero-order chi connectivity index (χ0) is 17.5. The lowest BCUT2D eigenvalue weighted by atomic mass is 10.2. The summed E-state index contributed by atoms with van der Waals surface area (Å²) >= 11 is 0. The van der Waals surface area contributed by atoms with Gasteiger partial charge in [0.2, 0.25) is 0 Å². The molecule has 1 aromatic carbocycles. The average molecular weight is 336 g/mol. The summed E-state index contributed by atoms with van der Waals surface area (Å²) in [5.74, 6) is 0.654. The minimum atomic E-state index is -0.109. The Morgan fingerprint density at radius 1 is 1.16 bits per heavy atom. The predicted molar refractivity (Wildman–Crippen MR) is 95.4 cm³/mol. The number of hydrogen-bond acceptors (Lipinski definition) is 4. The number of amides is 1. The molecule has 1 N–H and O–H groups in total. The van der Waals surface area contributed by atoms with Crippen LogP contribution in [0.3, 0.4) is 0 Å². The maximum Gasteiger partial charge on any atom is 0.251 e. The van der Waals surface area contributed by atoms with Crippen LogP contribution in [0, 0.1) is 0 Å². The van der Waals surface area contributed by atoms with Crippen molar-refractivity contribution in [3.05, 3.63) is 66.7 Å². The fourth-order valence-corrected chi connectivity index (χ4v) is 2.42. The van der Waals surface area contributed by atoms with Crippen molar-refractivity contribution in [1.29, 1.82) is 0 Å². The quantitative estimate of drug-likeness (QED) is 0.720. The normalized spacial score (nSPS) is 10.4. The lowest BCUT2D eigenvalue weighted by molar-refractivity contribution is 0.0952. The van der Waals surface area contributed by atoms with Crippen molar-refractivity contribution in [3.8, 4) is 16.9 Å². The van der Waals surface area contributed by atoms with Crippen LogP contribution in [0.15, 0.2) is 61.2 Å². The van der Waals surface area contributed by atoms with Crippen molar-refractivity contribution >= 4 is 5.91 Å². The third-order valence-electron chi connectivity index (χ3n) is 3.68. The van der Waals surface area contributed by atoms with Crippen molar-refractivity contribution in [2.24, 2.45) is 0 Å². The number of benzene rings is 1. The Hall–Kier alpha value is -3.15. The highest BCUT2D eigenvalue weighted by Crippen LogP contribution is 2.16. The van der Waals surface area contributed by atoms with Crippen molar-refractivity contribution in [2.45, 2.75) is 13.5 Å². The molecule has 0 unspecified atom stereocenters. The Labute approximate surface area is 146 Å². The maximum absolute atomic E-state index is 12.1. The molecule has 3 aromatic rings. The van der Waals surface area contributed by atoms with Crippen LogP contribution in [0.4, 0.5) is 0 Å². The summed E-state index contributed by atoms with van der Waals surface area (Å²) < 4.78 is 7.18. The van der Waals surface area contributed by atoms with E-state index in [1.165, 1.54) is 0 Å². The Balaban J connectivity index is 1.51. The number of nitrogens with one attached hydrogen (secondary N) is 1. The van der Waals surface area contributed by atoms with Crippen molar-refractivity contribution in [1.82, 2.24) is 20.1 Å². The Bertz CT molecular complexity index is 813. The summed E-state index contributed by atoms with van der Waals surface area (Å²) in [6, 6.07) is 11.0. The lowest BCUT2D eigenvalue weighted by Gasteiger charge is -2.07. The van der Waals surface area contributed by atoms with E-state index in [1.54, 1.807) is 47.5 Å². The summed E-state index contributed by atoms with van der Waals surface area (Å²) in [5.41, 5.74) is 2.64. The van der Waals surface area contributed by atoms with Crippen LogP contribution in [0.2, 0.25) is 0 Å². The summed E-state index contributed by atoms with van der Waals surface area (Å²) in [6.07, 6.45) is 7.28. The highest BCUT2D eigenvalue weighted by molar-refractivity contribution is 5.94. The molecule has 25 heavy (non-hydrogen) atoms. The molecule has 0 aliphatic heterocycles. The molecule has 0 aliphatic rings. The van der Waals surface area contributed by atoms with Gasteiger partial charge in [-0.2, -0.15) is 5.10 Å². The fourth-order valence-electron chi connectivity index (χ4n) is 2.42. The molecule has 2 heterocycles. The van der Waals surface area contributed by atoms with Crippen molar-refractivity contribution in [2.75, 3.05) is 13.2 Å². The van der Waals surface area contributed by atoms with E-state index in [9.17, 15) is 4.79 Å². The monoisotopic (exact) mass is 336 g/mol. The van der Waals surface area contributed by atoms with Gasteiger partial charge in [-0.25, -0.2) is 0 Å².